The van der Waals surface area contributed by atoms with Crippen LogP contribution in [0.5, 0.6) is 0 Å². The van der Waals surface area contributed by atoms with Gasteiger partial charge in [-0.15, -0.1) is 0 Å². The predicted molar refractivity (Wildman–Crippen MR) is 126 cm³/mol. The van der Waals surface area contributed by atoms with Gasteiger partial charge in [0.15, 0.2) is 0 Å². The summed E-state index contributed by atoms with van der Waals surface area (Å²) in [5.41, 5.74) is 0. The van der Waals surface area contributed by atoms with Crippen LogP contribution in [0.3, 0.4) is 0 Å². The topological polar surface area (TPSA) is 0 Å². The summed E-state index contributed by atoms with van der Waals surface area (Å²) in [6.45, 7) is 9.43. The summed E-state index contributed by atoms with van der Waals surface area (Å²) in [7, 11) is 0. The third-order valence-electron chi connectivity index (χ3n) is 6.22. The van der Waals surface area contributed by atoms with Crippen molar-refractivity contribution >= 4 is 0 Å². The molecule has 0 spiro atoms. The van der Waals surface area contributed by atoms with Gasteiger partial charge in [0.05, 0.1) is 0 Å². The molecule has 0 nitrogen and oxygen atoms in total. The van der Waals surface area contributed by atoms with E-state index in [-0.39, 0.29) is 0 Å². The minimum Gasteiger partial charge on any atom is -0.0654 e. The van der Waals surface area contributed by atoms with Crippen LogP contribution in [0.4, 0.5) is 0 Å². The van der Waals surface area contributed by atoms with Gasteiger partial charge in [0, 0.05) is 0 Å². The molecule has 0 aromatic carbocycles. The summed E-state index contributed by atoms with van der Waals surface area (Å²) in [6.07, 6.45) is 31.5. The average molecular weight is 380 g/mol. The summed E-state index contributed by atoms with van der Waals surface area (Å²) in [5.74, 6) is 1.73. The summed E-state index contributed by atoms with van der Waals surface area (Å²) in [4.78, 5) is 0. The Hall–Kier alpha value is 0. The Labute approximate surface area is 174 Å². The van der Waals surface area contributed by atoms with Gasteiger partial charge in [0.25, 0.3) is 0 Å². The monoisotopic (exact) mass is 379 g/mol. The van der Waals surface area contributed by atoms with Crippen molar-refractivity contribution in [3.05, 3.63) is 6.42 Å². The fourth-order valence-corrected chi connectivity index (χ4v) is 4.34. The number of rotatable bonds is 22. The molecule has 0 aliphatic heterocycles. The average Bonchev–Trinajstić information content (AvgIpc) is 2.66. The third kappa shape index (κ3) is 20.5. The predicted octanol–water partition coefficient (Wildman–Crippen LogP) is 10.3. The molecule has 0 rings (SSSR count). The van der Waals surface area contributed by atoms with Crippen molar-refractivity contribution in [1.82, 2.24) is 0 Å². The fraction of sp³-hybridized carbons (Fsp3) is 0.963. The molecule has 0 saturated heterocycles. The molecule has 2 atom stereocenters. The third-order valence-corrected chi connectivity index (χ3v) is 6.22. The van der Waals surface area contributed by atoms with Crippen molar-refractivity contribution in [2.75, 3.05) is 0 Å². The van der Waals surface area contributed by atoms with E-state index in [2.05, 4.69) is 34.1 Å². The molecule has 163 valence electrons. The highest BCUT2D eigenvalue weighted by Crippen LogP contribution is 2.27. The Balaban J connectivity index is 3.95. The highest BCUT2D eigenvalue weighted by atomic mass is 14.2. The van der Waals surface area contributed by atoms with Crippen LogP contribution in [0.25, 0.3) is 0 Å². The fourth-order valence-electron chi connectivity index (χ4n) is 4.34. The quantitative estimate of drug-likeness (QED) is 0.164. The Morgan fingerprint density at radius 2 is 0.778 bits per heavy atom. The molecule has 0 heterocycles. The molecule has 27 heavy (non-hydrogen) atoms. The zero-order valence-electron chi connectivity index (χ0n) is 19.9. The van der Waals surface area contributed by atoms with Crippen LogP contribution in [0.1, 0.15) is 156 Å². The molecular weight excluding hydrogens is 324 g/mol. The van der Waals surface area contributed by atoms with Crippen molar-refractivity contribution in [1.29, 1.82) is 0 Å². The maximum atomic E-state index is 2.76. The second-order valence-electron chi connectivity index (χ2n) is 9.25. The molecule has 0 bridgehead atoms. The highest BCUT2D eigenvalue weighted by Gasteiger charge is 2.13. The second-order valence-corrected chi connectivity index (χ2v) is 9.25. The lowest BCUT2D eigenvalue weighted by Gasteiger charge is -2.21. The van der Waals surface area contributed by atoms with E-state index in [1.54, 1.807) is 0 Å². The first-order chi connectivity index (χ1) is 13.2. The Bertz CT molecular complexity index is 257. The Morgan fingerprint density at radius 3 is 1.19 bits per heavy atom. The normalized spacial score (nSPS) is 13.8. The van der Waals surface area contributed by atoms with Crippen LogP contribution < -0.4 is 0 Å². The maximum absolute atomic E-state index is 2.76. The Morgan fingerprint density at radius 1 is 0.444 bits per heavy atom. The molecule has 0 saturated carbocycles. The van der Waals surface area contributed by atoms with E-state index in [9.17, 15) is 0 Å². The molecule has 0 heteroatoms. The lowest BCUT2D eigenvalue weighted by atomic mass is 9.85. The minimum absolute atomic E-state index is 0.830. The van der Waals surface area contributed by atoms with Crippen molar-refractivity contribution in [3.8, 4) is 0 Å². The van der Waals surface area contributed by atoms with Gasteiger partial charge in [0.2, 0.25) is 0 Å². The summed E-state index contributed by atoms with van der Waals surface area (Å²) < 4.78 is 0. The van der Waals surface area contributed by atoms with E-state index < -0.39 is 0 Å². The van der Waals surface area contributed by atoms with Crippen molar-refractivity contribution < 1.29 is 0 Å². The standard InChI is InChI=1S/C27H55/c1-5-8-11-14-17-19-22-26(4)25-27(23-20-16-13-10-7-3)24-21-18-15-12-9-6-2/h25-27H,5-24H2,1-4H3. The molecule has 0 fully saturated rings. The van der Waals surface area contributed by atoms with Crippen LogP contribution in [0.15, 0.2) is 0 Å². The molecule has 0 amide bonds. The summed E-state index contributed by atoms with van der Waals surface area (Å²) in [5, 5.41) is 0. The maximum Gasteiger partial charge on any atom is -0.0326 e. The van der Waals surface area contributed by atoms with E-state index >= 15 is 0 Å². The van der Waals surface area contributed by atoms with Crippen molar-refractivity contribution in [2.24, 2.45) is 11.8 Å². The van der Waals surface area contributed by atoms with Crippen molar-refractivity contribution in [2.45, 2.75) is 156 Å². The lowest BCUT2D eigenvalue weighted by Crippen LogP contribution is -2.09. The van der Waals surface area contributed by atoms with Gasteiger partial charge in [-0.2, -0.15) is 0 Å². The van der Waals surface area contributed by atoms with Crippen LogP contribution >= 0.6 is 0 Å². The van der Waals surface area contributed by atoms with Gasteiger partial charge in [0.1, 0.15) is 0 Å². The largest absolute Gasteiger partial charge is 0.0654 e. The van der Waals surface area contributed by atoms with E-state index in [1.807, 2.05) is 0 Å². The van der Waals surface area contributed by atoms with Gasteiger partial charge in [-0.3, -0.25) is 0 Å². The molecular formula is C27H55. The summed E-state index contributed by atoms with van der Waals surface area (Å²) >= 11 is 0. The van der Waals surface area contributed by atoms with Gasteiger partial charge in [-0.1, -0.05) is 156 Å². The Kier molecular flexibility index (Phi) is 22.3. The van der Waals surface area contributed by atoms with E-state index in [1.165, 1.54) is 128 Å². The molecule has 0 aliphatic rings. The first-order valence-electron chi connectivity index (χ1n) is 13.1. The molecule has 0 aliphatic carbocycles. The zero-order valence-corrected chi connectivity index (χ0v) is 19.9. The van der Waals surface area contributed by atoms with Gasteiger partial charge in [-0.05, 0) is 18.3 Å². The molecule has 0 N–H and O–H groups in total. The van der Waals surface area contributed by atoms with Crippen LogP contribution in [-0.2, 0) is 0 Å². The lowest BCUT2D eigenvalue weighted by molar-refractivity contribution is 0.396. The zero-order chi connectivity index (χ0) is 20.0. The van der Waals surface area contributed by atoms with Gasteiger partial charge >= 0.3 is 0 Å². The number of unbranched alkanes of at least 4 members (excludes halogenated alkanes) is 14. The van der Waals surface area contributed by atoms with E-state index in [4.69, 9.17) is 0 Å². The van der Waals surface area contributed by atoms with Crippen LogP contribution in [0.2, 0.25) is 0 Å². The molecule has 1 radical (unpaired) electrons. The van der Waals surface area contributed by atoms with Gasteiger partial charge < -0.3 is 0 Å². The highest BCUT2D eigenvalue weighted by molar-refractivity contribution is 4.81. The SMILES string of the molecule is CCCCCCCCC(C)[CH]C(CCCCCCC)CCCCCCCC. The smallest absolute Gasteiger partial charge is 0.0326 e. The van der Waals surface area contributed by atoms with Crippen LogP contribution in [-0.4, -0.2) is 0 Å². The second kappa shape index (κ2) is 22.3. The number of hydrogen-bond donors (Lipinski definition) is 0. The minimum atomic E-state index is 0.830. The van der Waals surface area contributed by atoms with E-state index in [0.717, 1.165) is 11.8 Å². The van der Waals surface area contributed by atoms with Gasteiger partial charge in [-0.25, -0.2) is 0 Å². The molecule has 0 aromatic heterocycles. The molecule has 2 unspecified atom stereocenters. The summed E-state index contributed by atoms with van der Waals surface area (Å²) in [6, 6.07) is 0. The first-order valence-corrected chi connectivity index (χ1v) is 13.1. The van der Waals surface area contributed by atoms with E-state index in [0.29, 0.717) is 0 Å². The first kappa shape index (κ1) is 27.0. The molecule has 0 aromatic rings. The van der Waals surface area contributed by atoms with Crippen LogP contribution in [0, 0.1) is 18.3 Å². The number of hydrogen-bond acceptors (Lipinski definition) is 0. The van der Waals surface area contributed by atoms with Crippen molar-refractivity contribution in [3.63, 3.8) is 0 Å².